The van der Waals surface area contributed by atoms with E-state index in [4.69, 9.17) is 0 Å². The summed E-state index contributed by atoms with van der Waals surface area (Å²) in [7, 11) is 3.83. The maximum absolute atomic E-state index is 4.65. The predicted octanol–water partition coefficient (Wildman–Crippen LogP) is 2.28. The molecule has 0 aliphatic heterocycles. The fourth-order valence-corrected chi connectivity index (χ4v) is 2.09. The zero-order chi connectivity index (χ0) is 15.4. The van der Waals surface area contributed by atoms with E-state index in [9.17, 15) is 0 Å². The first-order valence-electron chi connectivity index (χ1n) is 7.40. The minimum atomic E-state index is 0.372. The molecule has 0 aliphatic carbocycles. The van der Waals surface area contributed by atoms with Gasteiger partial charge in [0.05, 0.1) is 17.6 Å². The Kier molecular flexibility index (Phi) is 4.83. The van der Waals surface area contributed by atoms with Gasteiger partial charge < -0.3 is 15.2 Å². The summed E-state index contributed by atoms with van der Waals surface area (Å²) in [5.41, 5.74) is 2.17. The highest BCUT2D eigenvalue weighted by Gasteiger charge is 2.11. The quantitative estimate of drug-likeness (QED) is 0.670. The number of aromatic nitrogens is 2. The molecule has 1 atom stereocenters. The number of para-hydroxylation sites is 2. The highest BCUT2D eigenvalue weighted by Crippen LogP contribution is 2.13. The number of rotatable bonds is 4. The molecule has 21 heavy (non-hydrogen) atoms. The van der Waals surface area contributed by atoms with Crippen LogP contribution < -0.4 is 10.6 Å². The Labute approximate surface area is 126 Å². The molecule has 1 aromatic heterocycles. The van der Waals surface area contributed by atoms with Crippen molar-refractivity contribution in [2.24, 2.45) is 18.0 Å². The van der Waals surface area contributed by atoms with E-state index in [-0.39, 0.29) is 0 Å². The zero-order valence-electron chi connectivity index (χ0n) is 13.5. The fourth-order valence-electron chi connectivity index (χ4n) is 2.09. The Morgan fingerprint density at radius 1 is 1.29 bits per heavy atom. The molecule has 5 heteroatoms. The third-order valence-corrected chi connectivity index (χ3v) is 3.88. The summed E-state index contributed by atoms with van der Waals surface area (Å²) in [5.74, 6) is 2.36. The molecule has 2 N–H and O–H groups in total. The summed E-state index contributed by atoms with van der Waals surface area (Å²) in [5, 5.41) is 6.72. The molecule has 1 aromatic carbocycles. The number of benzene rings is 1. The highest BCUT2D eigenvalue weighted by molar-refractivity contribution is 5.80. The van der Waals surface area contributed by atoms with Crippen LogP contribution in [-0.2, 0) is 13.6 Å². The van der Waals surface area contributed by atoms with Gasteiger partial charge in [-0.1, -0.05) is 26.0 Å². The predicted molar refractivity (Wildman–Crippen MR) is 88.3 cm³/mol. The second-order valence-corrected chi connectivity index (χ2v) is 5.68. The molecule has 5 nitrogen and oxygen atoms in total. The van der Waals surface area contributed by atoms with E-state index in [1.165, 1.54) is 0 Å². The average Bonchev–Trinajstić information content (AvgIpc) is 2.80. The van der Waals surface area contributed by atoms with Gasteiger partial charge in [0, 0.05) is 20.1 Å². The molecule has 0 aliphatic rings. The number of nitrogens with zero attached hydrogens (tertiary/aromatic N) is 3. The number of aryl methyl sites for hydroxylation is 1. The van der Waals surface area contributed by atoms with Crippen LogP contribution in [0.4, 0.5) is 0 Å². The summed E-state index contributed by atoms with van der Waals surface area (Å²) >= 11 is 0. The van der Waals surface area contributed by atoms with E-state index >= 15 is 0 Å². The Morgan fingerprint density at radius 3 is 2.62 bits per heavy atom. The lowest BCUT2D eigenvalue weighted by Crippen LogP contribution is -2.44. The summed E-state index contributed by atoms with van der Waals surface area (Å²) in [6.07, 6.45) is 0. The van der Waals surface area contributed by atoms with Gasteiger partial charge in [-0.3, -0.25) is 4.99 Å². The average molecular weight is 287 g/mol. The third kappa shape index (κ3) is 3.54. The molecule has 114 valence electrons. The van der Waals surface area contributed by atoms with E-state index < -0.39 is 0 Å². The van der Waals surface area contributed by atoms with Crippen molar-refractivity contribution < 1.29 is 0 Å². The van der Waals surface area contributed by atoms with Gasteiger partial charge in [0.25, 0.3) is 0 Å². The van der Waals surface area contributed by atoms with Crippen LogP contribution in [0.2, 0.25) is 0 Å². The molecule has 1 heterocycles. The van der Waals surface area contributed by atoms with E-state index in [0.29, 0.717) is 18.5 Å². The van der Waals surface area contributed by atoms with Gasteiger partial charge in [-0.05, 0) is 25.0 Å². The summed E-state index contributed by atoms with van der Waals surface area (Å²) < 4.78 is 2.11. The van der Waals surface area contributed by atoms with E-state index in [0.717, 1.165) is 22.8 Å². The number of aliphatic imine (C=N–C) groups is 1. The van der Waals surface area contributed by atoms with Gasteiger partial charge in [0.15, 0.2) is 5.96 Å². The number of imidazole rings is 1. The fraction of sp³-hybridized carbons (Fsp3) is 0.500. The van der Waals surface area contributed by atoms with Crippen LogP contribution in [-0.4, -0.2) is 28.6 Å². The molecule has 0 bridgehead atoms. The van der Waals surface area contributed by atoms with Crippen LogP contribution in [0.15, 0.2) is 29.3 Å². The number of guanidine groups is 1. The van der Waals surface area contributed by atoms with Crippen LogP contribution in [0.25, 0.3) is 11.0 Å². The van der Waals surface area contributed by atoms with Crippen LogP contribution in [0, 0.1) is 5.92 Å². The first-order valence-corrected chi connectivity index (χ1v) is 7.40. The first kappa shape index (κ1) is 15.4. The van der Waals surface area contributed by atoms with E-state index in [1.54, 1.807) is 7.05 Å². The van der Waals surface area contributed by atoms with E-state index in [1.807, 2.05) is 25.2 Å². The number of nitrogens with one attached hydrogen (secondary N) is 2. The second kappa shape index (κ2) is 6.61. The van der Waals surface area contributed by atoms with Crippen molar-refractivity contribution in [2.75, 3.05) is 7.05 Å². The summed E-state index contributed by atoms with van der Waals surface area (Å²) in [6.45, 7) is 7.19. The molecule has 1 unspecified atom stereocenters. The standard InChI is InChI=1S/C16H25N5/c1-11(2)12(3)19-16(17-4)18-10-15-20-13-8-6-7-9-14(13)21(15)5/h6-9,11-12H,10H2,1-5H3,(H2,17,18,19). The monoisotopic (exact) mass is 287 g/mol. The molecule has 2 aromatic rings. The van der Waals surface area contributed by atoms with Crippen molar-refractivity contribution >= 4 is 17.0 Å². The SMILES string of the molecule is CN=C(NCc1nc2ccccc2n1C)NC(C)C(C)C. The molecule has 0 fully saturated rings. The summed E-state index contributed by atoms with van der Waals surface area (Å²) in [4.78, 5) is 8.92. The van der Waals surface area contributed by atoms with E-state index in [2.05, 4.69) is 52.0 Å². The first-order chi connectivity index (χ1) is 10.0. The van der Waals surface area contributed by atoms with Gasteiger partial charge in [-0.25, -0.2) is 4.98 Å². The van der Waals surface area contributed by atoms with Crippen molar-refractivity contribution in [1.82, 2.24) is 20.2 Å². The molecular weight excluding hydrogens is 262 g/mol. The topological polar surface area (TPSA) is 54.2 Å². The highest BCUT2D eigenvalue weighted by atomic mass is 15.2. The lowest BCUT2D eigenvalue weighted by Gasteiger charge is -2.20. The van der Waals surface area contributed by atoms with Gasteiger partial charge in [0.2, 0.25) is 0 Å². The van der Waals surface area contributed by atoms with Crippen LogP contribution >= 0.6 is 0 Å². The van der Waals surface area contributed by atoms with Crippen LogP contribution in [0.5, 0.6) is 0 Å². The molecular formula is C16H25N5. The third-order valence-electron chi connectivity index (χ3n) is 3.88. The van der Waals surface area contributed by atoms with Crippen LogP contribution in [0.1, 0.15) is 26.6 Å². The minimum absolute atomic E-state index is 0.372. The van der Waals surface area contributed by atoms with Crippen molar-refractivity contribution in [3.05, 3.63) is 30.1 Å². The molecule has 0 spiro atoms. The molecule has 0 saturated carbocycles. The summed E-state index contributed by atoms with van der Waals surface area (Å²) in [6, 6.07) is 8.53. The maximum Gasteiger partial charge on any atom is 0.191 e. The molecule has 0 saturated heterocycles. The smallest absolute Gasteiger partial charge is 0.191 e. The lowest BCUT2D eigenvalue weighted by molar-refractivity contribution is 0.480. The van der Waals surface area contributed by atoms with Crippen LogP contribution in [0.3, 0.4) is 0 Å². The minimum Gasteiger partial charge on any atom is -0.354 e. The number of fused-ring (bicyclic) bond motifs is 1. The van der Waals surface area contributed by atoms with Crippen molar-refractivity contribution in [1.29, 1.82) is 0 Å². The van der Waals surface area contributed by atoms with Crippen molar-refractivity contribution in [2.45, 2.75) is 33.4 Å². The normalized spacial score (nSPS) is 13.7. The number of hydrogen-bond acceptors (Lipinski definition) is 2. The Hall–Kier alpha value is -2.04. The van der Waals surface area contributed by atoms with Gasteiger partial charge in [0.1, 0.15) is 5.82 Å². The molecule has 0 radical (unpaired) electrons. The van der Waals surface area contributed by atoms with Gasteiger partial charge >= 0.3 is 0 Å². The largest absolute Gasteiger partial charge is 0.354 e. The van der Waals surface area contributed by atoms with Crippen molar-refractivity contribution in [3.8, 4) is 0 Å². The molecule has 2 rings (SSSR count). The zero-order valence-corrected chi connectivity index (χ0v) is 13.5. The number of hydrogen-bond donors (Lipinski definition) is 2. The Morgan fingerprint density at radius 2 is 2.00 bits per heavy atom. The van der Waals surface area contributed by atoms with Gasteiger partial charge in [-0.15, -0.1) is 0 Å². The lowest BCUT2D eigenvalue weighted by atomic mass is 10.1. The van der Waals surface area contributed by atoms with Gasteiger partial charge in [-0.2, -0.15) is 0 Å². The van der Waals surface area contributed by atoms with Crippen molar-refractivity contribution in [3.63, 3.8) is 0 Å². The second-order valence-electron chi connectivity index (χ2n) is 5.68. The maximum atomic E-state index is 4.65. The molecule has 0 amide bonds. The Balaban J connectivity index is 2.05. The Bertz CT molecular complexity index is 627.